The Labute approximate surface area is 97.9 Å². The average molecular weight is 220 g/mol. The number of benzene rings is 1. The Morgan fingerprint density at radius 1 is 1.06 bits per heavy atom. The Morgan fingerprint density at radius 2 is 1.69 bits per heavy atom. The summed E-state index contributed by atoms with van der Waals surface area (Å²) in [5.41, 5.74) is 0.991. The normalized spacial score (nSPS) is 10.6. The van der Waals surface area contributed by atoms with Crippen LogP contribution in [0.5, 0.6) is 11.5 Å². The summed E-state index contributed by atoms with van der Waals surface area (Å²) in [5, 5.41) is 0. The maximum absolute atomic E-state index is 5.71. The van der Waals surface area contributed by atoms with Crippen molar-refractivity contribution in [1.29, 1.82) is 0 Å². The Bertz CT molecular complexity index is 354. The van der Waals surface area contributed by atoms with Crippen molar-refractivity contribution in [2.45, 2.75) is 39.9 Å². The highest BCUT2D eigenvalue weighted by Crippen LogP contribution is 2.27. The molecule has 2 heteroatoms. The monoisotopic (exact) mass is 220 g/mol. The average Bonchev–Trinajstić information content (AvgIpc) is 2.16. The maximum atomic E-state index is 5.71. The molecule has 0 bridgehead atoms. The SMILES string of the molecule is C=Cc1ccc(OC(C)C)cc1OC(C)C. The van der Waals surface area contributed by atoms with Crippen molar-refractivity contribution in [2.75, 3.05) is 0 Å². The van der Waals surface area contributed by atoms with Crippen LogP contribution >= 0.6 is 0 Å². The summed E-state index contributed by atoms with van der Waals surface area (Å²) in [6.07, 6.45) is 2.10. The number of ether oxygens (including phenoxy) is 2. The Morgan fingerprint density at radius 3 is 2.19 bits per heavy atom. The zero-order valence-corrected chi connectivity index (χ0v) is 10.5. The Kier molecular flexibility index (Phi) is 4.41. The van der Waals surface area contributed by atoms with Crippen molar-refractivity contribution < 1.29 is 9.47 Å². The third-order valence-electron chi connectivity index (χ3n) is 1.94. The topological polar surface area (TPSA) is 18.5 Å². The lowest BCUT2D eigenvalue weighted by atomic mass is 10.2. The van der Waals surface area contributed by atoms with E-state index in [1.807, 2.05) is 45.9 Å². The molecule has 0 radical (unpaired) electrons. The standard InChI is InChI=1S/C14H20O2/c1-6-12-7-8-13(15-10(2)3)9-14(12)16-11(4)5/h6-11H,1H2,2-5H3. The first kappa shape index (κ1) is 12.6. The number of hydrogen-bond acceptors (Lipinski definition) is 2. The summed E-state index contributed by atoms with van der Waals surface area (Å²) in [5.74, 6) is 1.65. The van der Waals surface area contributed by atoms with Gasteiger partial charge in [0, 0.05) is 11.6 Å². The van der Waals surface area contributed by atoms with Crippen molar-refractivity contribution in [2.24, 2.45) is 0 Å². The first-order chi connectivity index (χ1) is 7.52. The van der Waals surface area contributed by atoms with E-state index in [1.165, 1.54) is 0 Å². The summed E-state index contributed by atoms with van der Waals surface area (Å²) in [6.45, 7) is 11.8. The second-order valence-corrected chi connectivity index (χ2v) is 4.24. The van der Waals surface area contributed by atoms with E-state index < -0.39 is 0 Å². The minimum absolute atomic E-state index is 0.146. The molecule has 0 aliphatic carbocycles. The zero-order chi connectivity index (χ0) is 12.1. The summed E-state index contributed by atoms with van der Waals surface area (Å²) in [7, 11) is 0. The van der Waals surface area contributed by atoms with Gasteiger partial charge in [-0.1, -0.05) is 12.7 Å². The molecule has 16 heavy (non-hydrogen) atoms. The fourth-order valence-corrected chi connectivity index (χ4v) is 1.38. The predicted molar refractivity (Wildman–Crippen MR) is 68.1 cm³/mol. The summed E-state index contributed by atoms with van der Waals surface area (Å²) in [6, 6.07) is 5.81. The van der Waals surface area contributed by atoms with Crippen LogP contribution in [0.2, 0.25) is 0 Å². The van der Waals surface area contributed by atoms with E-state index in [4.69, 9.17) is 9.47 Å². The van der Waals surface area contributed by atoms with Crippen LogP contribution in [0, 0.1) is 0 Å². The predicted octanol–water partition coefficient (Wildman–Crippen LogP) is 3.90. The van der Waals surface area contributed by atoms with Gasteiger partial charge in [-0.05, 0) is 39.8 Å². The second-order valence-electron chi connectivity index (χ2n) is 4.24. The molecule has 0 aromatic heterocycles. The molecule has 0 saturated heterocycles. The van der Waals surface area contributed by atoms with Crippen molar-refractivity contribution >= 4 is 6.08 Å². The molecule has 88 valence electrons. The molecule has 0 atom stereocenters. The molecule has 0 aliphatic rings. The minimum atomic E-state index is 0.146. The van der Waals surface area contributed by atoms with Crippen LogP contribution in [0.15, 0.2) is 24.8 Å². The molecule has 0 N–H and O–H groups in total. The molecule has 0 amide bonds. The smallest absolute Gasteiger partial charge is 0.130 e. The molecule has 0 saturated carbocycles. The molecule has 0 aliphatic heterocycles. The van der Waals surface area contributed by atoms with E-state index in [0.29, 0.717) is 0 Å². The van der Waals surface area contributed by atoms with Crippen molar-refractivity contribution in [1.82, 2.24) is 0 Å². The van der Waals surface area contributed by atoms with Gasteiger partial charge in [-0.3, -0.25) is 0 Å². The van der Waals surface area contributed by atoms with Crippen molar-refractivity contribution in [3.05, 3.63) is 30.3 Å². The number of rotatable bonds is 5. The van der Waals surface area contributed by atoms with Gasteiger partial charge in [0.15, 0.2) is 0 Å². The molecule has 1 aromatic carbocycles. The van der Waals surface area contributed by atoms with Crippen LogP contribution in [0.3, 0.4) is 0 Å². The molecule has 0 spiro atoms. The molecule has 1 rings (SSSR count). The van der Waals surface area contributed by atoms with Gasteiger partial charge >= 0.3 is 0 Å². The Hall–Kier alpha value is -1.44. The van der Waals surface area contributed by atoms with Crippen molar-refractivity contribution in [3.63, 3.8) is 0 Å². The third-order valence-corrected chi connectivity index (χ3v) is 1.94. The van der Waals surface area contributed by atoms with E-state index in [9.17, 15) is 0 Å². The summed E-state index contributed by atoms with van der Waals surface area (Å²) >= 11 is 0. The van der Waals surface area contributed by atoms with Crippen LogP contribution in [-0.4, -0.2) is 12.2 Å². The van der Waals surface area contributed by atoms with Crippen LogP contribution < -0.4 is 9.47 Å². The van der Waals surface area contributed by atoms with Gasteiger partial charge in [-0.25, -0.2) is 0 Å². The van der Waals surface area contributed by atoms with Gasteiger partial charge in [-0.15, -0.1) is 0 Å². The third kappa shape index (κ3) is 3.61. The zero-order valence-electron chi connectivity index (χ0n) is 10.5. The van der Waals surface area contributed by atoms with E-state index in [-0.39, 0.29) is 12.2 Å². The first-order valence-electron chi connectivity index (χ1n) is 5.62. The summed E-state index contributed by atoms with van der Waals surface area (Å²) in [4.78, 5) is 0. The van der Waals surface area contributed by atoms with Crippen LogP contribution in [0.4, 0.5) is 0 Å². The molecular weight excluding hydrogens is 200 g/mol. The van der Waals surface area contributed by atoms with Crippen LogP contribution in [-0.2, 0) is 0 Å². The van der Waals surface area contributed by atoms with Gasteiger partial charge in [-0.2, -0.15) is 0 Å². The van der Waals surface area contributed by atoms with E-state index in [1.54, 1.807) is 6.08 Å². The van der Waals surface area contributed by atoms with Gasteiger partial charge in [0.2, 0.25) is 0 Å². The van der Waals surface area contributed by atoms with Gasteiger partial charge in [0.05, 0.1) is 12.2 Å². The lowest BCUT2D eigenvalue weighted by Gasteiger charge is -2.15. The largest absolute Gasteiger partial charge is 0.491 e. The fraction of sp³-hybridized carbons (Fsp3) is 0.429. The summed E-state index contributed by atoms with van der Waals surface area (Å²) < 4.78 is 11.3. The maximum Gasteiger partial charge on any atom is 0.130 e. The lowest BCUT2D eigenvalue weighted by Crippen LogP contribution is -2.08. The molecule has 0 unspecified atom stereocenters. The minimum Gasteiger partial charge on any atom is -0.491 e. The lowest BCUT2D eigenvalue weighted by molar-refractivity contribution is 0.229. The first-order valence-corrected chi connectivity index (χ1v) is 5.62. The molecule has 2 nitrogen and oxygen atoms in total. The highest BCUT2D eigenvalue weighted by atomic mass is 16.5. The molecule has 0 heterocycles. The molecule has 1 aromatic rings. The van der Waals surface area contributed by atoms with E-state index in [2.05, 4.69) is 6.58 Å². The Balaban J connectivity index is 2.96. The number of hydrogen-bond donors (Lipinski definition) is 0. The van der Waals surface area contributed by atoms with Gasteiger partial charge in [0.1, 0.15) is 11.5 Å². The molecule has 0 fully saturated rings. The molecular formula is C14H20O2. The quantitative estimate of drug-likeness (QED) is 0.749. The van der Waals surface area contributed by atoms with Crippen molar-refractivity contribution in [3.8, 4) is 11.5 Å². The van der Waals surface area contributed by atoms with E-state index in [0.717, 1.165) is 17.1 Å². The van der Waals surface area contributed by atoms with Crippen LogP contribution in [0.1, 0.15) is 33.3 Å². The fourth-order valence-electron chi connectivity index (χ4n) is 1.38. The highest BCUT2D eigenvalue weighted by Gasteiger charge is 2.06. The van der Waals surface area contributed by atoms with E-state index >= 15 is 0 Å². The van der Waals surface area contributed by atoms with Gasteiger partial charge in [0.25, 0.3) is 0 Å². The van der Waals surface area contributed by atoms with Gasteiger partial charge < -0.3 is 9.47 Å². The highest BCUT2D eigenvalue weighted by molar-refractivity contribution is 5.57. The second kappa shape index (κ2) is 5.59. The van der Waals surface area contributed by atoms with Crippen LogP contribution in [0.25, 0.3) is 6.08 Å².